The van der Waals surface area contributed by atoms with Gasteiger partial charge in [0.25, 0.3) is 5.56 Å². The first-order chi connectivity index (χ1) is 19.4. The van der Waals surface area contributed by atoms with Gasteiger partial charge >= 0.3 is 0 Å². The van der Waals surface area contributed by atoms with Gasteiger partial charge in [0.05, 0.1) is 22.6 Å². The van der Waals surface area contributed by atoms with Crippen molar-refractivity contribution in [2.45, 2.75) is 117 Å². The van der Waals surface area contributed by atoms with Crippen LogP contribution in [0.4, 0.5) is 0 Å². The van der Waals surface area contributed by atoms with Crippen LogP contribution in [0.25, 0.3) is 16.6 Å². The molecule has 0 N–H and O–H groups in total. The maximum absolute atomic E-state index is 13.8. The topological polar surface area (TPSA) is 55.2 Å². The minimum Gasteiger partial charge on any atom is -0.333 e. The summed E-state index contributed by atoms with van der Waals surface area (Å²) in [4.78, 5) is 34.4. The van der Waals surface area contributed by atoms with Gasteiger partial charge in [0.2, 0.25) is 5.91 Å². The average Bonchev–Trinajstić information content (AvgIpc) is 2.94. The number of carbonyl (C=O) groups is 1. The van der Waals surface area contributed by atoms with Crippen LogP contribution in [0.3, 0.4) is 0 Å². The van der Waals surface area contributed by atoms with Crippen molar-refractivity contribution in [3.63, 3.8) is 0 Å². The van der Waals surface area contributed by atoms with Gasteiger partial charge in [-0.25, -0.2) is 4.98 Å². The summed E-state index contributed by atoms with van der Waals surface area (Å²) in [6.45, 7) is 9.10. The predicted molar refractivity (Wildman–Crippen MR) is 169 cm³/mol. The molecular formula is C34H48ClN3O2. The number of aromatic nitrogens is 2. The fourth-order valence-electron chi connectivity index (χ4n) is 5.34. The molecule has 3 rings (SSSR count). The highest BCUT2D eigenvalue weighted by Gasteiger charge is 2.26. The molecule has 3 aromatic rings. The van der Waals surface area contributed by atoms with E-state index >= 15 is 0 Å². The van der Waals surface area contributed by atoms with Crippen molar-refractivity contribution in [2.24, 2.45) is 0 Å². The van der Waals surface area contributed by atoms with Crippen LogP contribution in [-0.4, -0.2) is 26.9 Å². The normalized spacial score (nSPS) is 12.1. The fraction of sp³-hybridized carbons (Fsp3) is 0.559. The van der Waals surface area contributed by atoms with E-state index in [4.69, 9.17) is 16.6 Å². The first-order valence-electron chi connectivity index (χ1n) is 15.5. The lowest BCUT2D eigenvalue weighted by atomic mass is 10.1. The summed E-state index contributed by atoms with van der Waals surface area (Å²) in [5.74, 6) is 0.711. The second-order valence-electron chi connectivity index (χ2n) is 11.2. The number of benzene rings is 2. The molecule has 218 valence electrons. The van der Waals surface area contributed by atoms with Crippen LogP contribution >= 0.6 is 11.6 Å². The third kappa shape index (κ3) is 8.92. The van der Waals surface area contributed by atoms with E-state index in [2.05, 4.69) is 13.8 Å². The van der Waals surface area contributed by atoms with Crippen molar-refractivity contribution in [3.05, 3.63) is 69.2 Å². The van der Waals surface area contributed by atoms with Crippen LogP contribution in [0, 0.1) is 6.92 Å². The fourth-order valence-corrected chi connectivity index (χ4v) is 5.50. The first-order valence-corrected chi connectivity index (χ1v) is 15.8. The second kappa shape index (κ2) is 16.6. The van der Waals surface area contributed by atoms with Gasteiger partial charge in [0, 0.05) is 18.0 Å². The number of hydrogen-bond donors (Lipinski definition) is 0. The van der Waals surface area contributed by atoms with E-state index in [9.17, 15) is 9.59 Å². The van der Waals surface area contributed by atoms with Gasteiger partial charge in [-0.3, -0.25) is 14.2 Å². The van der Waals surface area contributed by atoms with Crippen molar-refractivity contribution in [3.8, 4) is 5.69 Å². The highest BCUT2D eigenvalue weighted by Crippen LogP contribution is 2.26. The monoisotopic (exact) mass is 565 g/mol. The van der Waals surface area contributed by atoms with Crippen molar-refractivity contribution in [1.82, 2.24) is 14.5 Å². The minimum absolute atomic E-state index is 0.141. The summed E-state index contributed by atoms with van der Waals surface area (Å²) in [7, 11) is 0. The summed E-state index contributed by atoms with van der Waals surface area (Å²) in [5.41, 5.74) is 2.28. The first kappa shape index (κ1) is 31.9. The Balaban J connectivity index is 1.85. The maximum Gasteiger partial charge on any atom is 0.266 e. The summed E-state index contributed by atoms with van der Waals surface area (Å²) >= 11 is 6.29. The van der Waals surface area contributed by atoms with Gasteiger partial charge in [0.1, 0.15) is 5.82 Å². The molecule has 1 atom stereocenters. The zero-order chi connectivity index (χ0) is 28.9. The molecule has 1 aromatic heterocycles. The van der Waals surface area contributed by atoms with Crippen LogP contribution in [-0.2, 0) is 4.79 Å². The molecule has 0 spiro atoms. The number of nitrogens with zero attached hydrogens (tertiary/aromatic N) is 3. The Labute approximate surface area is 246 Å². The Morgan fingerprint density at radius 1 is 0.875 bits per heavy atom. The highest BCUT2D eigenvalue weighted by atomic mass is 35.5. The van der Waals surface area contributed by atoms with Gasteiger partial charge in [-0.2, -0.15) is 0 Å². The highest BCUT2D eigenvalue weighted by molar-refractivity contribution is 6.31. The Bertz CT molecular complexity index is 1270. The average molecular weight is 566 g/mol. The summed E-state index contributed by atoms with van der Waals surface area (Å²) in [5, 5.41) is 1.05. The molecule has 0 radical (unpaired) electrons. The quantitative estimate of drug-likeness (QED) is 0.153. The smallest absolute Gasteiger partial charge is 0.266 e. The van der Waals surface area contributed by atoms with Crippen LogP contribution < -0.4 is 5.56 Å². The van der Waals surface area contributed by atoms with Crippen molar-refractivity contribution >= 4 is 28.4 Å². The van der Waals surface area contributed by atoms with E-state index in [0.717, 1.165) is 43.4 Å². The zero-order valence-corrected chi connectivity index (χ0v) is 25.8. The van der Waals surface area contributed by atoms with E-state index in [1.54, 1.807) is 22.8 Å². The Kier molecular flexibility index (Phi) is 13.2. The van der Waals surface area contributed by atoms with Crippen LogP contribution in [0.15, 0.2) is 47.3 Å². The summed E-state index contributed by atoms with van der Waals surface area (Å²) in [6.07, 6.45) is 14.6. The Morgan fingerprint density at radius 3 is 2.12 bits per heavy atom. The van der Waals surface area contributed by atoms with Gasteiger partial charge < -0.3 is 4.90 Å². The van der Waals surface area contributed by atoms with Crippen LogP contribution in [0.5, 0.6) is 0 Å². The number of unbranched alkanes of at least 4 members (excludes halogenated alkanes) is 10. The van der Waals surface area contributed by atoms with Crippen LogP contribution in [0.2, 0.25) is 5.02 Å². The number of rotatable bonds is 17. The molecule has 0 aliphatic heterocycles. The predicted octanol–water partition coefficient (Wildman–Crippen LogP) is 9.35. The molecule has 0 saturated heterocycles. The van der Waals surface area contributed by atoms with Crippen molar-refractivity contribution in [2.75, 3.05) is 6.54 Å². The zero-order valence-electron chi connectivity index (χ0n) is 25.1. The molecule has 1 heterocycles. The molecule has 0 saturated carbocycles. The molecule has 1 amide bonds. The molecule has 1 unspecified atom stereocenters. The van der Waals surface area contributed by atoms with Gasteiger partial charge in [-0.15, -0.1) is 0 Å². The maximum atomic E-state index is 13.8. The third-order valence-corrected chi connectivity index (χ3v) is 8.04. The number of fused-ring (bicyclic) bond motifs is 1. The molecule has 40 heavy (non-hydrogen) atoms. The molecule has 5 nitrogen and oxygen atoms in total. The van der Waals surface area contributed by atoms with E-state index in [-0.39, 0.29) is 17.5 Å². The minimum atomic E-state index is -0.361. The number of amides is 1. The number of halogens is 1. The molecule has 6 heteroatoms. The lowest BCUT2D eigenvalue weighted by Crippen LogP contribution is -2.38. The number of hydrogen-bond acceptors (Lipinski definition) is 3. The standard InChI is InChI=1S/C34H48ClN3O2/c1-5-7-9-10-11-12-13-14-15-17-32(39)37(24-16-8-6-2)27(4)33-36-31-25-28(35)20-23-30(31)34(40)38(33)29-21-18-26(3)19-22-29/h18-23,25,27H,5-17,24H2,1-4H3. The van der Waals surface area contributed by atoms with E-state index in [1.165, 1.54) is 44.9 Å². The lowest BCUT2D eigenvalue weighted by molar-refractivity contribution is -0.133. The lowest BCUT2D eigenvalue weighted by Gasteiger charge is -2.31. The van der Waals surface area contributed by atoms with Gasteiger partial charge in [-0.1, -0.05) is 107 Å². The third-order valence-electron chi connectivity index (χ3n) is 7.81. The van der Waals surface area contributed by atoms with Crippen LogP contribution in [0.1, 0.15) is 122 Å². The molecule has 0 aliphatic carbocycles. The molecule has 0 fully saturated rings. The number of carbonyl (C=O) groups excluding carboxylic acids is 1. The van der Waals surface area contributed by atoms with Gasteiger partial charge in [0.15, 0.2) is 0 Å². The summed E-state index contributed by atoms with van der Waals surface area (Å²) in [6, 6.07) is 12.7. The van der Waals surface area contributed by atoms with Crippen molar-refractivity contribution in [1.29, 1.82) is 0 Å². The largest absolute Gasteiger partial charge is 0.333 e. The SMILES string of the molecule is CCCCCCCCCCCC(=O)N(CCCCC)C(C)c1nc2cc(Cl)ccc2c(=O)n1-c1ccc(C)cc1. The summed E-state index contributed by atoms with van der Waals surface area (Å²) < 4.78 is 1.68. The molecule has 2 aromatic carbocycles. The molecular weight excluding hydrogens is 518 g/mol. The van der Waals surface area contributed by atoms with E-state index < -0.39 is 0 Å². The second-order valence-corrected chi connectivity index (χ2v) is 11.6. The Morgan fingerprint density at radius 2 is 1.48 bits per heavy atom. The van der Waals surface area contributed by atoms with E-state index in [1.807, 2.05) is 43.0 Å². The molecule has 0 bridgehead atoms. The van der Waals surface area contributed by atoms with Crippen molar-refractivity contribution < 1.29 is 4.79 Å². The molecule has 0 aliphatic rings. The Hall–Kier alpha value is -2.66. The van der Waals surface area contributed by atoms with E-state index in [0.29, 0.717) is 34.7 Å². The van der Waals surface area contributed by atoms with Gasteiger partial charge in [-0.05, 0) is 57.0 Å². The number of aryl methyl sites for hydroxylation is 1.